The van der Waals surface area contributed by atoms with Crippen LogP contribution >= 0.6 is 0 Å². The zero-order chi connectivity index (χ0) is 31.2. The van der Waals surface area contributed by atoms with Gasteiger partial charge in [-0.1, -0.05) is 6.92 Å². The van der Waals surface area contributed by atoms with Gasteiger partial charge in [-0.2, -0.15) is 0 Å². The van der Waals surface area contributed by atoms with Gasteiger partial charge < -0.3 is 61.6 Å². The van der Waals surface area contributed by atoms with Crippen LogP contribution in [-0.2, 0) is 66.4 Å². The number of carbonyl (C=O) groups is 1. The van der Waals surface area contributed by atoms with E-state index in [0.29, 0.717) is 152 Å². The summed E-state index contributed by atoms with van der Waals surface area (Å²) in [5, 5.41) is 0. The van der Waals surface area contributed by atoms with E-state index in [2.05, 4.69) is 11.7 Å². The maximum atomic E-state index is 10.9. The molecule has 0 spiro atoms. The fourth-order valence-corrected chi connectivity index (χ4v) is 2.92. The highest BCUT2D eigenvalue weighted by Gasteiger charge is 1.99. The van der Waals surface area contributed by atoms with Gasteiger partial charge in [0, 0.05) is 6.61 Å². The van der Waals surface area contributed by atoms with Crippen molar-refractivity contribution in [3.8, 4) is 0 Å². The summed E-state index contributed by atoms with van der Waals surface area (Å²) in [7, 11) is 1.35. The molecule has 0 aromatic rings. The third-order valence-corrected chi connectivity index (χ3v) is 5.12. The van der Waals surface area contributed by atoms with Gasteiger partial charge in [0.05, 0.1) is 165 Å². The lowest BCUT2D eigenvalue weighted by molar-refractivity contribution is -0.141. The third kappa shape index (κ3) is 39.0. The number of methoxy groups -OCH3 is 1. The summed E-state index contributed by atoms with van der Waals surface area (Å²) in [5.41, 5.74) is 0. The molecule has 14 nitrogen and oxygen atoms in total. The van der Waals surface area contributed by atoms with Crippen molar-refractivity contribution >= 4 is 5.97 Å². The SMILES string of the molecule is CCCOCCOCCOCCOCCOCCOCCOCCOCCOCCOCCOCCOCCC(=O)OC. The van der Waals surface area contributed by atoms with E-state index >= 15 is 0 Å². The van der Waals surface area contributed by atoms with Crippen LogP contribution in [0.4, 0.5) is 0 Å². The number of hydrogen-bond acceptors (Lipinski definition) is 14. The summed E-state index contributed by atoms with van der Waals surface area (Å²) >= 11 is 0. The van der Waals surface area contributed by atoms with Gasteiger partial charge >= 0.3 is 5.97 Å². The number of hydrogen-bond donors (Lipinski definition) is 0. The van der Waals surface area contributed by atoms with Crippen LogP contribution in [0.1, 0.15) is 19.8 Å². The van der Waals surface area contributed by atoms with Gasteiger partial charge in [0.25, 0.3) is 0 Å². The van der Waals surface area contributed by atoms with E-state index in [4.69, 9.17) is 56.8 Å². The van der Waals surface area contributed by atoms with Gasteiger partial charge in [-0.3, -0.25) is 4.79 Å². The number of rotatable bonds is 38. The normalized spacial score (nSPS) is 11.4. The summed E-state index contributed by atoms with van der Waals surface area (Å²) in [6.45, 7) is 14.5. The molecule has 0 fully saturated rings. The molecule has 0 saturated heterocycles. The number of carbonyl (C=O) groups excluding carboxylic acids is 1. The Bertz CT molecular complexity index is 529. The van der Waals surface area contributed by atoms with Crippen molar-refractivity contribution < 1.29 is 66.4 Å². The van der Waals surface area contributed by atoms with Gasteiger partial charge in [0.2, 0.25) is 0 Å². The fourth-order valence-electron chi connectivity index (χ4n) is 2.92. The highest BCUT2D eigenvalue weighted by molar-refractivity contribution is 5.69. The molecule has 0 aliphatic heterocycles. The quantitative estimate of drug-likeness (QED) is 0.0713. The largest absolute Gasteiger partial charge is 0.469 e. The average Bonchev–Trinajstić information content (AvgIpc) is 3.02. The molecule has 0 radical (unpaired) electrons. The Labute approximate surface area is 258 Å². The molecule has 0 saturated carbocycles. The van der Waals surface area contributed by atoms with Crippen molar-refractivity contribution in [1.29, 1.82) is 0 Å². The first kappa shape index (κ1) is 42.0. The molecule has 0 rings (SSSR count). The number of ether oxygens (including phenoxy) is 13. The molecule has 0 aliphatic rings. The molecule has 0 atom stereocenters. The van der Waals surface area contributed by atoms with Crippen molar-refractivity contribution in [2.24, 2.45) is 0 Å². The van der Waals surface area contributed by atoms with Crippen LogP contribution in [0.25, 0.3) is 0 Å². The second-order valence-electron chi connectivity index (χ2n) is 8.67. The minimum atomic E-state index is -0.285. The minimum absolute atomic E-state index is 0.246. The molecular formula is C29H58O14. The van der Waals surface area contributed by atoms with Crippen molar-refractivity contribution in [1.82, 2.24) is 0 Å². The molecule has 0 aliphatic carbocycles. The molecule has 0 aromatic carbocycles. The van der Waals surface area contributed by atoms with E-state index in [-0.39, 0.29) is 12.4 Å². The van der Waals surface area contributed by atoms with Gasteiger partial charge in [0.1, 0.15) is 0 Å². The zero-order valence-corrected chi connectivity index (χ0v) is 26.6. The molecule has 14 heteroatoms. The van der Waals surface area contributed by atoms with E-state index in [1.54, 1.807) is 0 Å². The molecule has 0 bridgehead atoms. The summed E-state index contributed by atoms with van der Waals surface area (Å²) < 4.78 is 69.5. The van der Waals surface area contributed by atoms with E-state index in [1.165, 1.54) is 7.11 Å². The molecular weight excluding hydrogens is 572 g/mol. The Morgan fingerprint density at radius 1 is 0.326 bits per heavy atom. The van der Waals surface area contributed by atoms with Crippen molar-refractivity contribution in [2.75, 3.05) is 166 Å². The smallest absolute Gasteiger partial charge is 0.307 e. The van der Waals surface area contributed by atoms with Crippen LogP contribution in [0.3, 0.4) is 0 Å². The topological polar surface area (TPSA) is 137 Å². The first-order valence-electron chi connectivity index (χ1n) is 15.3. The Kier molecular flexibility index (Phi) is 38.1. The summed E-state index contributed by atoms with van der Waals surface area (Å²) in [6.07, 6.45) is 1.27. The van der Waals surface area contributed by atoms with E-state index in [9.17, 15) is 4.79 Å². The van der Waals surface area contributed by atoms with Crippen molar-refractivity contribution in [3.05, 3.63) is 0 Å². The van der Waals surface area contributed by atoms with Crippen molar-refractivity contribution in [2.45, 2.75) is 19.8 Å². The Hall–Kier alpha value is -1.01. The molecule has 0 amide bonds. The molecule has 0 N–H and O–H groups in total. The predicted molar refractivity (Wildman–Crippen MR) is 157 cm³/mol. The van der Waals surface area contributed by atoms with Crippen LogP contribution in [0.15, 0.2) is 0 Å². The van der Waals surface area contributed by atoms with Crippen LogP contribution in [-0.4, -0.2) is 172 Å². The van der Waals surface area contributed by atoms with E-state index < -0.39 is 0 Å². The predicted octanol–water partition coefficient (Wildman–Crippen LogP) is 1.16. The lowest BCUT2D eigenvalue weighted by Crippen LogP contribution is -2.15. The van der Waals surface area contributed by atoms with Crippen LogP contribution in [0.5, 0.6) is 0 Å². The second-order valence-corrected chi connectivity index (χ2v) is 8.67. The van der Waals surface area contributed by atoms with Crippen LogP contribution in [0.2, 0.25) is 0 Å². The molecule has 258 valence electrons. The maximum absolute atomic E-state index is 10.9. The summed E-state index contributed by atoms with van der Waals surface area (Å²) in [5.74, 6) is -0.285. The van der Waals surface area contributed by atoms with E-state index in [1.807, 2.05) is 0 Å². The number of esters is 1. The fraction of sp³-hybridized carbons (Fsp3) is 0.966. The Morgan fingerprint density at radius 2 is 0.512 bits per heavy atom. The average molecular weight is 631 g/mol. The highest BCUT2D eigenvalue weighted by Crippen LogP contribution is 1.89. The van der Waals surface area contributed by atoms with Gasteiger partial charge in [-0.05, 0) is 6.42 Å². The summed E-state index contributed by atoms with van der Waals surface area (Å²) in [6, 6.07) is 0. The van der Waals surface area contributed by atoms with Gasteiger partial charge in [0.15, 0.2) is 0 Å². The van der Waals surface area contributed by atoms with Crippen LogP contribution in [0, 0.1) is 0 Å². The standard InChI is InChI=1S/C29H58O14/c1-3-5-32-7-9-34-11-13-36-15-17-38-19-21-40-23-25-42-27-28-43-26-24-41-22-20-39-18-16-37-14-12-35-10-8-33-6-4-29(30)31-2/h3-28H2,1-2H3. The summed E-state index contributed by atoms with van der Waals surface area (Å²) in [4.78, 5) is 10.9. The first-order chi connectivity index (χ1) is 21.3. The minimum Gasteiger partial charge on any atom is -0.469 e. The maximum Gasteiger partial charge on any atom is 0.307 e. The van der Waals surface area contributed by atoms with Crippen LogP contribution < -0.4 is 0 Å². The van der Waals surface area contributed by atoms with E-state index in [0.717, 1.165) is 13.0 Å². The van der Waals surface area contributed by atoms with Gasteiger partial charge in [-0.25, -0.2) is 0 Å². The highest BCUT2D eigenvalue weighted by atomic mass is 16.6. The molecule has 0 aromatic heterocycles. The third-order valence-electron chi connectivity index (χ3n) is 5.12. The lowest BCUT2D eigenvalue weighted by Gasteiger charge is -2.09. The van der Waals surface area contributed by atoms with Gasteiger partial charge in [-0.15, -0.1) is 0 Å². The van der Waals surface area contributed by atoms with Crippen molar-refractivity contribution in [3.63, 3.8) is 0 Å². The lowest BCUT2D eigenvalue weighted by atomic mass is 10.5. The molecule has 43 heavy (non-hydrogen) atoms. The zero-order valence-electron chi connectivity index (χ0n) is 26.6. The Morgan fingerprint density at radius 3 is 0.698 bits per heavy atom. The Balaban J connectivity index is 3.04. The molecule has 0 unspecified atom stereocenters. The monoisotopic (exact) mass is 630 g/mol. The second kappa shape index (κ2) is 39.0. The molecule has 0 heterocycles. The first-order valence-corrected chi connectivity index (χ1v) is 15.3.